The van der Waals surface area contributed by atoms with Gasteiger partial charge in [0.1, 0.15) is 5.82 Å². The molecule has 0 radical (unpaired) electrons. The number of carbonyl (C=O) groups is 2. The lowest BCUT2D eigenvalue weighted by molar-refractivity contribution is -0.128. The van der Waals surface area contributed by atoms with Crippen molar-refractivity contribution in [2.45, 2.75) is 44.2 Å². The van der Waals surface area contributed by atoms with E-state index in [1.165, 1.54) is 5.56 Å². The Hall–Kier alpha value is -3.25. The van der Waals surface area contributed by atoms with Crippen LogP contribution in [0.2, 0.25) is 0 Å². The number of amides is 1. The molecule has 0 spiro atoms. The van der Waals surface area contributed by atoms with Gasteiger partial charge in [-0.05, 0) is 48.3 Å². The largest absolute Gasteiger partial charge is 0.383 e. The molecule has 1 fully saturated rings. The van der Waals surface area contributed by atoms with E-state index in [0.29, 0.717) is 24.6 Å². The fourth-order valence-electron chi connectivity index (χ4n) is 4.20. The molecule has 0 bridgehead atoms. The van der Waals surface area contributed by atoms with Gasteiger partial charge >= 0.3 is 0 Å². The molecule has 1 aliphatic heterocycles. The predicted octanol–water partition coefficient (Wildman–Crippen LogP) is 2.97. The first-order valence-electron chi connectivity index (χ1n) is 10.8. The molecule has 2 heterocycles. The number of aryl methyl sites for hydroxylation is 1. The van der Waals surface area contributed by atoms with Crippen LogP contribution in [0, 0.1) is 0 Å². The van der Waals surface area contributed by atoms with Gasteiger partial charge in [-0.1, -0.05) is 48.5 Å². The highest BCUT2D eigenvalue weighted by molar-refractivity contribution is 5.92. The van der Waals surface area contributed by atoms with Gasteiger partial charge in [-0.15, -0.1) is 0 Å². The van der Waals surface area contributed by atoms with Crippen molar-refractivity contribution >= 4 is 28.3 Å². The van der Waals surface area contributed by atoms with Gasteiger partial charge in [-0.2, -0.15) is 0 Å². The van der Waals surface area contributed by atoms with Crippen LogP contribution in [0.25, 0.3) is 10.8 Å². The zero-order valence-corrected chi connectivity index (χ0v) is 17.7. The number of benzene rings is 2. The highest BCUT2D eigenvalue weighted by atomic mass is 16.2. The van der Waals surface area contributed by atoms with Gasteiger partial charge in [-0.3, -0.25) is 9.59 Å². The minimum atomic E-state index is -0.509. The number of fused-ring (bicyclic) bond motifs is 1. The molecule has 0 aliphatic carbocycles. The molecule has 6 nitrogen and oxygen atoms in total. The summed E-state index contributed by atoms with van der Waals surface area (Å²) >= 11 is 0. The molecule has 31 heavy (non-hydrogen) atoms. The van der Waals surface area contributed by atoms with Crippen LogP contribution in [0.3, 0.4) is 0 Å². The molecule has 6 heteroatoms. The average Bonchev–Trinajstić information content (AvgIpc) is 3.28. The Kier molecular flexibility index (Phi) is 6.28. The van der Waals surface area contributed by atoms with Crippen molar-refractivity contribution < 1.29 is 9.59 Å². The smallest absolute Gasteiger partial charge is 0.237 e. The third kappa shape index (κ3) is 4.91. The van der Waals surface area contributed by atoms with Crippen LogP contribution in [0.4, 0.5) is 5.82 Å². The molecular formula is C25H28N4O2. The first-order chi connectivity index (χ1) is 15.0. The van der Waals surface area contributed by atoms with E-state index < -0.39 is 6.04 Å². The lowest BCUT2D eigenvalue weighted by Gasteiger charge is -2.17. The Morgan fingerprint density at radius 3 is 2.81 bits per heavy atom. The molecule has 1 saturated heterocycles. The van der Waals surface area contributed by atoms with E-state index in [2.05, 4.69) is 27.8 Å². The summed E-state index contributed by atoms with van der Waals surface area (Å²) in [5.74, 6) is 0.750. The Balaban J connectivity index is 1.28. The van der Waals surface area contributed by atoms with Crippen molar-refractivity contribution in [3.8, 4) is 0 Å². The molecular weight excluding hydrogens is 388 g/mol. The van der Waals surface area contributed by atoms with Gasteiger partial charge in [0.2, 0.25) is 5.91 Å². The number of ketones is 1. The maximum atomic E-state index is 12.6. The molecule has 1 amide bonds. The van der Waals surface area contributed by atoms with Crippen molar-refractivity contribution in [3.63, 3.8) is 0 Å². The number of aromatic nitrogens is 1. The molecule has 3 atom stereocenters. The van der Waals surface area contributed by atoms with Crippen LogP contribution >= 0.6 is 0 Å². The van der Waals surface area contributed by atoms with Crippen molar-refractivity contribution in [1.29, 1.82) is 0 Å². The average molecular weight is 417 g/mol. The molecule has 0 saturated carbocycles. The van der Waals surface area contributed by atoms with E-state index in [1.807, 2.05) is 42.5 Å². The SMILES string of the molecule is C[C@H](NC(=O)[C@H]1C[C@H](c2ccccc2)CN1)C(=O)CCc1ccc2c(N)nccc2c1. The first kappa shape index (κ1) is 21.0. The number of hydrogen-bond donors (Lipinski definition) is 3. The van der Waals surface area contributed by atoms with Crippen LogP contribution in [-0.4, -0.2) is 35.3 Å². The third-order valence-corrected chi connectivity index (χ3v) is 6.08. The Bertz CT molecular complexity index is 1080. The van der Waals surface area contributed by atoms with Crippen LogP contribution < -0.4 is 16.4 Å². The van der Waals surface area contributed by atoms with Crippen molar-refractivity contribution in [2.75, 3.05) is 12.3 Å². The summed E-state index contributed by atoms with van der Waals surface area (Å²) in [6, 6.07) is 17.3. The lowest BCUT2D eigenvalue weighted by atomic mass is 9.96. The fraction of sp³-hybridized carbons (Fsp3) is 0.320. The summed E-state index contributed by atoms with van der Waals surface area (Å²) in [6.07, 6.45) is 3.42. The van der Waals surface area contributed by atoms with Gasteiger partial charge in [0, 0.05) is 24.5 Å². The first-order valence-corrected chi connectivity index (χ1v) is 10.8. The Morgan fingerprint density at radius 2 is 2.00 bits per heavy atom. The van der Waals surface area contributed by atoms with E-state index >= 15 is 0 Å². The van der Waals surface area contributed by atoms with Gasteiger partial charge in [0.15, 0.2) is 5.78 Å². The van der Waals surface area contributed by atoms with Crippen LogP contribution in [0.15, 0.2) is 60.8 Å². The number of nitrogen functional groups attached to an aromatic ring is 1. The minimum absolute atomic E-state index is 0.0281. The Labute approximate surface area is 182 Å². The highest BCUT2D eigenvalue weighted by Crippen LogP contribution is 2.25. The van der Waals surface area contributed by atoms with Crippen molar-refractivity contribution in [2.24, 2.45) is 0 Å². The maximum absolute atomic E-state index is 12.6. The summed E-state index contributed by atoms with van der Waals surface area (Å²) < 4.78 is 0. The van der Waals surface area contributed by atoms with E-state index in [4.69, 9.17) is 5.73 Å². The van der Waals surface area contributed by atoms with E-state index in [1.54, 1.807) is 13.1 Å². The van der Waals surface area contributed by atoms with E-state index in [-0.39, 0.29) is 17.7 Å². The zero-order valence-electron chi connectivity index (χ0n) is 17.7. The molecule has 4 N–H and O–H groups in total. The predicted molar refractivity (Wildman–Crippen MR) is 123 cm³/mol. The number of Topliss-reactive ketones (excluding diaryl/α,β-unsaturated/α-hetero) is 1. The second-order valence-electron chi connectivity index (χ2n) is 8.25. The maximum Gasteiger partial charge on any atom is 0.237 e. The molecule has 0 unspecified atom stereocenters. The van der Waals surface area contributed by atoms with Crippen LogP contribution in [0.1, 0.15) is 36.8 Å². The van der Waals surface area contributed by atoms with Gasteiger partial charge in [0.05, 0.1) is 12.1 Å². The number of anilines is 1. The van der Waals surface area contributed by atoms with Gasteiger partial charge < -0.3 is 16.4 Å². The monoisotopic (exact) mass is 416 g/mol. The van der Waals surface area contributed by atoms with E-state index in [0.717, 1.165) is 29.3 Å². The standard InChI is InChI=1S/C25H28N4O2/c1-16(29-25(31)22-14-20(15-28-22)18-5-3-2-4-6-18)23(30)10-8-17-7-9-21-19(13-17)11-12-27-24(21)26/h2-7,9,11-13,16,20,22,28H,8,10,14-15H2,1H3,(H2,26,27)(H,29,31)/t16-,20-,22+/m0/s1. The van der Waals surface area contributed by atoms with Gasteiger partial charge in [-0.25, -0.2) is 4.98 Å². The van der Waals surface area contributed by atoms with Crippen LogP contribution in [-0.2, 0) is 16.0 Å². The fourth-order valence-corrected chi connectivity index (χ4v) is 4.20. The second kappa shape index (κ2) is 9.27. The number of nitrogens with zero attached hydrogens (tertiary/aromatic N) is 1. The normalized spacial score (nSPS) is 19.3. The summed E-state index contributed by atoms with van der Waals surface area (Å²) in [6.45, 7) is 2.53. The molecule has 1 aromatic heterocycles. The third-order valence-electron chi connectivity index (χ3n) is 6.08. The summed E-state index contributed by atoms with van der Waals surface area (Å²) in [7, 11) is 0. The number of pyridine rings is 1. The summed E-state index contributed by atoms with van der Waals surface area (Å²) in [5.41, 5.74) is 8.20. The summed E-state index contributed by atoms with van der Waals surface area (Å²) in [5, 5.41) is 8.11. The van der Waals surface area contributed by atoms with Crippen molar-refractivity contribution in [3.05, 3.63) is 71.9 Å². The highest BCUT2D eigenvalue weighted by Gasteiger charge is 2.31. The number of rotatable bonds is 7. The number of hydrogen-bond acceptors (Lipinski definition) is 5. The lowest BCUT2D eigenvalue weighted by Crippen LogP contribution is -2.47. The summed E-state index contributed by atoms with van der Waals surface area (Å²) in [4.78, 5) is 29.3. The molecule has 2 aromatic carbocycles. The molecule has 1 aliphatic rings. The van der Waals surface area contributed by atoms with Gasteiger partial charge in [0.25, 0.3) is 0 Å². The number of nitrogens with one attached hydrogen (secondary N) is 2. The second-order valence-corrected chi connectivity index (χ2v) is 8.25. The van der Waals surface area contributed by atoms with E-state index in [9.17, 15) is 9.59 Å². The minimum Gasteiger partial charge on any atom is -0.383 e. The molecule has 3 aromatic rings. The van der Waals surface area contributed by atoms with Crippen molar-refractivity contribution in [1.82, 2.24) is 15.6 Å². The molecule has 160 valence electrons. The van der Waals surface area contributed by atoms with Crippen LogP contribution in [0.5, 0.6) is 0 Å². The number of carbonyl (C=O) groups excluding carboxylic acids is 2. The Morgan fingerprint density at radius 1 is 1.19 bits per heavy atom. The quantitative estimate of drug-likeness (QED) is 0.550. The topological polar surface area (TPSA) is 97.1 Å². The molecule has 4 rings (SSSR count). The zero-order chi connectivity index (χ0) is 21.8. The number of nitrogens with two attached hydrogens (primary N) is 1.